The highest BCUT2D eigenvalue weighted by atomic mass is 15.1. The fourth-order valence-corrected chi connectivity index (χ4v) is 2.23. The van der Waals surface area contributed by atoms with Gasteiger partial charge < -0.3 is 10.6 Å². The molecule has 0 aliphatic carbocycles. The van der Waals surface area contributed by atoms with Crippen LogP contribution >= 0.6 is 0 Å². The standard InChI is InChI=1S/C18H19N5/c1-14-6-2-3-7-15(14)11-20-17-10-18(23-13-22-17)21-12-16-8-4-5-9-19-16/h2-10,13H,11-12H2,1H3,(H2,20,21,22,23). The molecule has 5 nitrogen and oxygen atoms in total. The number of benzene rings is 1. The van der Waals surface area contributed by atoms with Crippen LogP contribution in [0.3, 0.4) is 0 Å². The summed E-state index contributed by atoms with van der Waals surface area (Å²) >= 11 is 0. The highest BCUT2D eigenvalue weighted by molar-refractivity contribution is 5.47. The number of aromatic nitrogens is 3. The lowest BCUT2D eigenvalue weighted by molar-refractivity contribution is 1.01. The van der Waals surface area contributed by atoms with Crippen LogP contribution in [0.1, 0.15) is 16.8 Å². The molecular formula is C18H19N5. The van der Waals surface area contributed by atoms with Crippen molar-refractivity contribution < 1.29 is 0 Å². The molecule has 2 heterocycles. The van der Waals surface area contributed by atoms with Gasteiger partial charge in [0.15, 0.2) is 0 Å². The van der Waals surface area contributed by atoms with Crippen LogP contribution in [0.2, 0.25) is 0 Å². The van der Waals surface area contributed by atoms with Gasteiger partial charge in [-0.25, -0.2) is 9.97 Å². The molecule has 1 aromatic carbocycles. The van der Waals surface area contributed by atoms with E-state index in [0.717, 1.165) is 23.9 Å². The van der Waals surface area contributed by atoms with Gasteiger partial charge in [0.25, 0.3) is 0 Å². The van der Waals surface area contributed by atoms with Crippen molar-refractivity contribution in [3.05, 3.63) is 77.9 Å². The van der Waals surface area contributed by atoms with E-state index in [1.165, 1.54) is 11.1 Å². The maximum atomic E-state index is 4.28. The summed E-state index contributed by atoms with van der Waals surface area (Å²) in [7, 11) is 0. The SMILES string of the molecule is Cc1ccccc1CNc1cc(NCc2ccccn2)ncn1. The zero-order chi connectivity index (χ0) is 15.9. The average Bonchev–Trinajstić information content (AvgIpc) is 2.61. The van der Waals surface area contributed by atoms with Crippen LogP contribution in [-0.2, 0) is 13.1 Å². The van der Waals surface area contributed by atoms with Crippen molar-refractivity contribution in [2.24, 2.45) is 0 Å². The molecule has 0 radical (unpaired) electrons. The predicted octanol–water partition coefficient (Wildman–Crippen LogP) is 3.40. The lowest BCUT2D eigenvalue weighted by Crippen LogP contribution is -2.06. The first-order valence-corrected chi connectivity index (χ1v) is 7.55. The number of nitrogens with one attached hydrogen (secondary N) is 2. The van der Waals surface area contributed by atoms with E-state index in [0.29, 0.717) is 6.54 Å². The summed E-state index contributed by atoms with van der Waals surface area (Å²) in [5, 5.41) is 6.59. The number of hydrogen-bond donors (Lipinski definition) is 2. The average molecular weight is 305 g/mol. The molecule has 0 aliphatic heterocycles. The number of anilines is 2. The summed E-state index contributed by atoms with van der Waals surface area (Å²) in [6, 6.07) is 16.1. The van der Waals surface area contributed by atoms with E-state index in [1.54, 1.807) is 12.5 Å². The summed E-state index contributed by atoms with van der Waals surface area (Å²) in [5.74, 6) is 1.57. The Bertz CT molecular complexity index is 758. The molecule has 0 amide bonds. The van der Waals surface area contributed by atoms with Gasteiger partial charge in [-0.2, -0.15) is 0 Å². The van der Waals surface area contributed by atoms with Gasteiger partial charge in [0, 0.05) is 18.8 Å². The number of aryl methyl sites for hydroxylation is 1. The Morgan fingerprint density at radius 2 is 1.57 bits per heavy atom. The first-order valence-electron chi connectivity index (χ1n) is 7.55. The summed E-state index contributed by atoms with van der Waals surface area (Å²) < 4.78 is 0. The fraction of sp³-hybridized carbons (Fsp3) is 0.167. The molecule has 0 aliphatic rings. The summed E-state index contributed by atoms with van der Waals surface area (Å²) in [5.41, 5.74) is 3.50. The smallest absolute Gasteiger partial charge is 0.131 e. The third-order valence-corrected chi connectivity index (χ3v) is 3.57. The van der Waals surface area contributed by atoms with Crippen molar-refractivity contribution in [1.82, 2.24) is 15.0 Å². The second-order valence-corrected chi connectivity index (χ2v) is 5.24. The predicted molar refractivity (Wildman–Crippen MR) is 92.1 cm³/mol. The fourth-order valence-electron chi connectivity index (χ4n) is 2.23. The number of nitrogens with zero attached hydrogens (tertiary/aromatic N) is 3. The van der Waals surface area contributed by atoms with Gasteiger partial charge in [-0.15, -0.1) is 0 Å². The lowest BCUT2D eigenvalue weighted by Gasteiger charge is -2.10. The van der Waals surface area contributed by atoms with Gasteiger partial charge in [-0.1, -0.05) is 30.3 Å². The Morgan fingerprint density at radius 3 is 2.30 bits per heavy atom. The second-order valence-electron chi connectivity index (χ2n) is 5.24. The highest BCUT2D eigenvalue weighted by Crippen LogP contribution is 2.13. The van der Waals surface area contributed by atoms with Gasteiger partial charge in [0.2, 0.25) is 0 Å². The Hall–Kier alpha value is -2.95. The van der Waals surface area contributed by atoms with E-state index < -0.39 is 0 Å². The van der Waals surface area contributed by atoms with Gasteiger partial charge in [-0.05, 0) is 30.2 Å². The van der Waals surface area contributed by atoms with Crippen LogP contribution in [0.25, 0.3) is 0 Å². The van der Waals surface area contributed by atoms with Crippen LogP contribution in [0.4, 0.5) is 11.6 Å². The molecule has 0 fully saturated rings. The maximum absolute atomic E-state index is 4.28. The molecule has 3 aromatic rings. The van der Waals surface area contributed by atoms with Crippen LogP contribution in [-0.4, -0.2) is 15.0 Å². The zero-order valence-corrected chi connectivity index (χ0v) is 13.0. The number of rotatable bonds is 6. The van der Waals surface area contributed by atoms with E-state index in [4.69, 9.17) is 0 Å². The molecule has 2 aromatic heterocycles. The Morgan fingerprint density at radius 1 is 0.826 bits per heavy atom. The third-order valence-electron chi connectivity index (χ3n) is 3.57. The summed E-state index contributed by atoms with van der Waals surface area (Å²) in [6.45, 7) is 3.48. The van der Waals surface area contributed by atoms with Crippen LogP contribution in [0.5, 0.6) is 0 Å². The first-order chi connectivity index (χ1) is 11.3. The molecule has 23 heavy (non-hydrogen) atoms. The lowest BCUT2D eigenvalue weighted by atomic mass is 10.1. The summed E-state index contributed by atoms with van der Waals surface area (Å²) in [4.78, 5) is 12.8. The molecule has 116 valence electrons. The number of hydrogen-bond acceptors (Lipinski definition) is 5. The highest BCUT2D eigenvalue weighted by Gasteiger charge is 2.01. The van der Waals surface area contributed by atoms with Crippen molar-refractivity contribution in [3.8, 4) is 0 Å². The molecule has 0 unspecified atom stereocenters. The van der Waals surface area contributed by atoms with Gasteiger partial charge in [0.05, 0.1) is 12.2 Å². The Labute approximate surface area is 135 Å². The minimum atomic E-state index is 0.634. The van der Waals surface area contributed by atoms with Gasteiger partial charge in [0.1, 0.15) is 18.0 Å². The topological polar surface area (TPSA) is 62.7 Å². The van der Waals surface area contributed by atoms with E-state index in [9.17, 15) is 0 Å². The molecule has 3 rings (SSSR count). The molecule has 0 atom stereocenters. The monoisotopic (exact) mass is 305 g/mol. The third kappa shape index (κ3) is 4.26. The molecule has 0 bridgehead atoms. The van der Waals surface area contributed by atoms with Crippen LogP contribution in [0.15, 0.2) is 61.1 Å². The van der Waals surface area contributed by atoms with Crippen molar-refractivity contribution in [2.45, 2.75) is 20.0 Å². The van der Waals surface area contributed by atoms with E-state index in [2.05, 4.69) is 44.6 Å². The Kier molecular flexibility index (Phi) is 4.79. The molecule has 5 heteroatoms. The largest absolute Gasteiger partial charge is 0.366 e. The van der Waals surface area contributed by atoms with Gasteiger partial charge >= 0.3 is 0 Å². The first kappa shape index (κ1) is 15.0. The second kappa shape index (κ2) is 7.35. The van der Waals surface area contributed by atoms with Crippen molar-refractivity contribution in [2.75, 3.05) is 10.6 Å². The molecular weight excluding hydrogens is 286 g/mol. The molecule has 0 spiro atoms. The van der Waals surface area contributed by atoms with E-state index >= 15 is 0 Å². The minimum absolute atomic E-state index is 0.634. The van der Waals surface area contributed by atoms with E-state index in [-0.39, 0.29) is 0 Å². The van der Waals surface area contributed by atoms with E-state index in [1.807, 2.05) is 36.4 Å². The number of pyridine rings is 1. The van der Waals surface area contributed by atoms with Gasteiger partial charge in [-0.3, -0.25) is 4.98 Å². The zero-order valence-electron chi connectivity index (χ0n) is 13.0. The Balaban J connectivity index is 1.60. The molecule has 0 saturated carbocycles. The summed E-state index contributed by atoms with van der Waals surface area (Å²) in [6.07, 6.45) is 3.34. The van der Waals surface area contributed by atoms with Crippen molar-refractivity contribution in [3.63, 3.8) is 0 Å². The van der Waals surface area contributed by atoms with Crippen molar-refractivity contribution in [1.29, 1.82) is 0 Å². The quantitative estimate of drug-likeness (QED) is 0.731. The van der Waals surface area contributed by atoms with Crippen LogP contribution < -0.4 is 10.6 Å². The normalized spacial score (nSPS) is 10.3. The molecule has 0 saturated heterocycles. The maximum Gasteiger partial charge on any atom is 0.131 e. The molecule has 2 N–H and O–H groups in total. The van der Waals surface area contributed by atoms with Crippen molar-refractivity contribution >= 4 is 11.6 Å². The minimum Gasteiger partial charge on any atom is -0.366 e. The van der Waals surface area contributed by atoms with Crippen LogP contribution in [0, 0.1) is 6.92 Å².